The van der Waals surface area contributed by atoms with Gasteiger partial charge >= 0.3 is 0 Å². The van der Waals surface area contributed by atoms with Crippen LogP contribution in [0.25, 0.3) is 0 Å². The minimum atomic E-state index is -0.00890. The van der Waals surface area contributed by atoms with Gasteiger partial charge in [0.2, 0.25) is 0 Å². The topological polar surface area (TPSA) is 41.6 Å². The largest absolute Gasteiger partial charge is 0.496 e. The standard InChI is InChI=1S/C16H21ClN2O2/c1-21-14-4-2-3-13(17)15(14)16(20)19-7-5-11-9-18-10-12(11)6-8-19/h2-4,11-12,18H,5-10H2,1H3/t11-,12+. The molecule has 0 aliphatic carbocycles. The fraction of sp³-hybridized carbons (Fsp3) is 0.562. The minimum absolute atomic E-state index is 0.00890. The van der Waals surface area contributed by atoms with Gasteiger partial charge in [-0.3, -0.25) is 4.79 Å². The van der Waals surface area contributed by atoms with Crippen molar-refractivity contribution in [3.05, 3.63) is 28.8 Å². The van der Waals surface area contributed by atoms with Gasteiger partial charge in [-0.15, -0.1) is 0 Å². The molecule has 0 radical (unpaired) electrons. The first kappa shape index (κ1) is 14.7. The second-order valence-electron chi connectivity index (χ2n) is 5.87. The van der Waals surface area contributed by atoms with Crippen LogP contribution in [0.1, 0.15) is 23.2 Å². The summed E-state index contributed by atoms with van der Waals surface area (Å²) >= 11 is 6.22. The number of hydrogen-bond donors (Lipinski definition) is 1. The molecule has 2 saturated heterocycles. The Morgan fingerprint density at radius 2 is 1.95 bits per heavy atom. The van der Waals surface area contributed by atoms with E-state index in [2.05, 4.69) is 5.32 Å². The van der Waals surface area contributed by atoms with Crippen molar-refractivity contribution in [2.75, 3.05) is 33.3 Å². The molecule has 114 valence electrons. The SMILES string of the molecule is COc1cccc(Cl)c1C(=O)N1CC[C@@H]2CNC[C@@H]2CC1. The highest BCUT2D eigenvalue weighted by molar-refractivity contribution is 6.34. The van der Waals surface area contributed by atoms with Gasteiger partial charge < -0.3 is 15.0 Å². The number of ether oxygens (including phenoxy) is 1. The summed E-state index contributed by atoms with van der Waals surface area (Å²) in [5.74, 6) is 1.95. The Kier molecular flexibility index (Phi) is 4.36. The number of benzene rings is 1. The first-order chi connectivity index (χ1) is 10.2. The van der Waals surface area contributed by atoms with Crippen molar-refractivity contribution in [1.82, 2.24) is 10.2 Å². The third-order valence-electron chi connectivity index (χ3n) is 4.72. The smallest absolute Gasteiger partial charge is 0.259 e. The summed E-state index contributed by atoms with van der Waals surface area (Å²) in [5, 5.41) is 3.91. The number of hydrogen-bond acceptors (Lipinski definition) is 3. The Morgan fingerprint density at radius 1 is 1.29 bits per heavy atom. The van der Waals surface area contributed by atoms with Gasteiger partial charge in [0.25, 0.3) is 5.91 Å². The van der Waals surface area contributed by atoms with Crippen LogP contribution in [0.4, 0.5) is 0 Å². The first-order valence-electron chi connectivity index (χ1n) is 7.53. The second kappa shape index (κ2) is 6.24. The van der Waals surface area contributed by atoms with Crippen LogP contribution in [0.5, 0.6) is 5.75 Å². The van der Waals surface area contributed by atoms with E-state index in [0.717, 1.165) is 39.0 Å². The number of nitrogens with one attached hydrogen (secondary N) is 1. The lowest BCUT2D eigenvalue weighted by Crippen LogP contribution is -2.33. The molecular formula is C16H21ClN2O2. The van der Waals surface area contributed by atoms with Crippen molar-refractivity contribution in [2.45, 2.75) is 12.8 Å². The molecular weight excluding hydrogens is 288 g/mol. The van der Waals surface area contributed by atoms with Crippen LogP contribution in [0.15, 0.2) is 18.2 Å². The number of halogens is 1. The summed E-state index contributed by atoms with van der Waals surface area (Å²) in [7, 11) is 1.57. The quantitative estimate of drug-likeness (QED) is 0.912. The van der Waals surface area contributed by atoms with E-state index in [9.17, 15) is 4.79 Å². The lowest BCUT2D eigenvalue weighted by Gasteiger charge is -2.22. The fourth-order valence-corrected chi connectivity index (χ4v) is 3.71. The second-order valence-corrected chi connectivity index (χ2v) is 6.27. The van der Waals surface area contributed by atoms with E-state index in [0.29, 0.717) is 28.2 Å². The molecule has 5 heteroatoms. The molecule has 1 amide bonds. The van der Waals surface area contributed by atoms with Crippen molar-refractivity contribution in [3.63, 3.8) is 0 Å². The number of fused-ring (bicyclic) bond motifs is 1. The molecule has 0 spiro atoms. The van der Waals surface area contributed by atoms with E-state index in [4.69, 9.17) is 16.3 Å². The van der Waals surface area contributed by atoms with Crippen molar-refractivity contribution < 1.29 is 9.53 Å². The fourth-order valence-electron chi connectivity index (χ4n) is 3.46. The van der Waals surface area contributed by atoms with Crippen molar-refractivity contribution in [2.24, 2.45) is 11.8 Å². The van der Waals surface area contributed by atoms with Gasteiger partial charge in [-0.2, -0.15) is 0 Å². The summed E-state index contributed by atoms with van der Waals surface area (Å²) in [6, 6.07) is 5.33. The van der Waals surface area contributed by atoms with Gasteiger partial charge in [-0.05, 0) is 49.9 Å². The van der Waals surface area contributed by atoms with Crippen LogP contribution in [-0.4, -0.2) is 44.1 Å². The average molecular weight is 309 g/mol. The zero-order valence-corrected chi connectivity index (χ0v) is 13.0. The number of methoxy groups -OCH3 is 1. The Labute approximate surface area is 130 Å². The molecule has 2 fully saturated rings. The number of carbonyl (C=O) groups excluding carboxylic acids is 1. The predicted octanol–water partition coefficient (Wildman–Crippen LogP) is 2.42. The minimum Gasteiger partial charge on any atom is -0.496 e. The molecule has 3 rings (SSSR count). The molecule has 2 heterocycles. The van der Waals surface area contributed by atoms with E-state index >= 15 is 0 Å². The van der Waals surface area contributed by atoms with Gasteiger partial charge in [-0.25, -0.2) is 0 Å². The molecule has 2 atom stereocenters. The Bertz CT molecular complexity index is 521. The van der Waals surface area contributed by atoms with E-state index in [1.54, 1.807) is 25.3 Å². The lowest BCUT2D eigenvalue weighted by atomic mass is 9.92. The number of carbonyl (C=O) groups is 1. The first-order valence-corrected chi connectivity index (χ1v) is 7.91. The predicted molar refractivity (Wildman–Crippen MR) is 83.0 cm³/mol. The van der Waals surface area contributed by atoms with E-state index in [-0.39, 0.29) is 5.91 Å². The molecule has 2 aliphatic rings. The average Bonchev–Trinajstić information content (AvgIpc) is 2.85. The highest BCUT2D eigenvalue weighted by atomic mass is 35.5. The highest BCUT2D eigenvalue weighted by Crippen LogP contribution is 2.31. The molecule has 2 aliphatic heterocycles. The number of likely N-dealkylation sites (tertiary alicyclic amines) is 1. The Hall–Kier alpha value is -1.26. The molecule has 0 aromatic heterocycles. The monoisotopic (exact) mass is 308 g/mol. The summed E-state index contributed by atoms with van der Waals surface area (Å²) < 4.78 is 5.30. The number of amides is 1. The molecule has 1 aromatic rings. The van der Waals surface area contributed by atoms with E-state index in [1.165, 1.54) is 0 Å². The third kappa shape index (κ3) is 2.87. The maximum absolute atomic E-state index is 12.8. The summed E-state index contributed by atoms with van der Waals surface area (Å²) in [6.45, 7) is 3.77. The van der Waals surface area contributed by atoms with Gasteiger partial charge in [-0.1, -0.05) is 17.7 Å². The van der Waals surface area contributed by atoms with Crippen LogP contribution in [0.3, 0.4) is 0 Å². The van der Waals surface area contributed by atoms with Gasteiger partial charge in [0.05, 0.1) is 12.1 Å². The zero-order valence-electron chi connectivity index (χ0n) is 12.3. The lowest BCUT2D eigenvalue weighted by molar-refractivity contribution is 0.0755. The van der Waals surface area contributed by atoms with E-state index < -0.39 is 0 Å². The number of nitrogens with zero attached hydrogens (tertiary/aromatic N) is 1. The summed E-state index contributed by atoms with van der Waals surface area (Å²) in [5.41, 5.74) is 0.492. The van der Waals surface area contributed by atoms with Crippen molar-refractivity contribution in [3.8, 4) is 5.75 Å². The van der Waals surface area contributed by atoms with Crippen LogP contribution < -0.4 is 10.1 Å². The maximum Gasteiger partial charge on any atom is 0.259 e. The molecule has 0 bridgehead atoms. The molecule has 1 N–H and O–H groups in total. The molecule has 1 aromatic carbocycles. The molecule has 0 unspecified atom stereocenters. The highest BCUT2D eigenvalue weighted by Gasteiger charge is 2.32. The Morgan fingerprint density at radius 3 is 2.57 bits per heavy atom. The van der Waals surface area contributed by atoms with Gasteiger partial charge in [0, 0.05) is 13.1 Å². The van der Waals surface area contributed by atoms with Crippen LogP contribution in [0, 0.1) is 11.8 Å². The molecule has 0 saturated carbocycles. The van der Waals surface area contributed by atoms with Crippen molar-refractivity contribution in [1.29, 1.82) is 0 Å². The van der Waals surface area contributed by atoms with Gasteiger partial charge in [0.1, 0.15) is 11.3 Å². The third-order valence-corrected chi connectivity index (χ3v) is 5.03. The van der Waals surface area contributed by atoms with Crippen molar-refractivity contribution >= 4 is 17.5 Å². The van der Waals surface area contributed by atoms with Crippen LogP contribution in [-0.2, 0) is 0 Å². The molecule has 4 nitrogen and oxygen atoms in total. The number of rotatable bonds is 2. The Balaban J connectivity index is 1.79. The normalized spacial score (nSPS) is 25.3. The van der Waals surface area contributed by atoms with Crippen LogP contribution in [0.2, 0.25) is 5.02 Å². The van der Waals surface area contributed by atoms with E-state index in [1.807, 2.05) is 4.90 Å². The zero-order chi connectivity index (χ0) is 14.8. The summed E-state index contributed by atoms with van der Waals surface area (Å²) in [4.78, 5) is 14.8. The molecule has 21 heavy (non-hydrogen) atoms. The van der Waals surface area contributed by atoms with Gasteiger partial charge in [0.15, 0.2) is 0 Å². The van der Waals surface area contributed by atoms with Crippen LogP contribution >= 0.6 is 11.6 Å². The summed E-state index contributed by atoms with van der Waals surface area (Å²) in [6.07, 6.45) is 2.13. The maximum atomic E-state index is 12.8.